The molecule has 0 fully saturated rings. The van der Waals surface area contributed by atoms with Gasteiger partial charge in [-0.25, -0.2) is 9.78 Å². The van der Waals surface area contributed by atoms with Crippen LogP contribution < -0.4 is 16.4 Å². The molecule has 0 radical (unpaired) electrons. The van der Waals surface area contributed by atoms with Crippen LogP contribution in [0.4, 0.5) is 0 Å². The lowest BCUT2D eigenvalue weighted by molar-refractivity contribution is -0.121. The average molecular weight is 416 g/mol. The number of rotatable bonds is 4. The van der Waals surface area contributed by atoms with E-state index in [2.05, 4.69) is 26.1 Å². The van der Waals surface area contributed by atoms with Crippen LogP contribution in [0.3, 0.4) is 0 Å². The van der Waals surface area contributed by atoms with Gasteiger partial charge in [0.2, 0.25) is 5.91 Å². The van der Waals surface area contributed by atoms with Crippen LogP contribution in [0.15, 0.2) is 59.4 Å². The van der Waals surface area contributed by atoms with E-state index in [0.29, 0.717) is 10.8 Å². The van der Waals surface area contributed by atoms with Crippen molar-refractivity contribution in [1.29, 1.82) is 0 Å². The van der Waals surface area contributed by atoms with Gasteiger partial charge in [-0.15, -0.1) is 0 Å². The third kappa shape index (κ3) is 3.93. The predicted octanol–water partition coefficient (Wildman–Crippen LogP) is 1.73. The van der Waals surface area contributed by atoms with Crippen molar-refractivity contribution in [3.05, 3.63) is 87.6 Å². The van der Waals surface area contributed by atoms with Crippen LogP contribution in [0.2, 0.25) is 0 Å². The molecule has 9 nitrogen and oxygen atoms in total. The van der Waals surface area contributed by atoms with E-state index in [4.69, 9.17) is 0 Å². The van der Waals surface area contributed by atoms with E-state index in [1.807, 2.05) is 44.2 Å². The molecule has 0 saturated heterocycles. The first-order valence-electron chi connectivity index (χ1n) is 9.63. The second kappa shape index (κ2) is 8.23. The minimum absolute atomic E-state index is 0.0137. The second-order valence-corrected chi connectivity index (χ2v) is 7.02. The van der Waals surface area contributed by atoms with Gasteiger partial charge in [0.25, 0.3) is 11.5 Å². The Morgan fingerprint density at radius 3 is 2.39 bits per heavy atom. The molecule has 0 spiro atoms. The highest BCUT2D eigenvalue weighted by atomic mass is 16.2. The Kier molecular flexibility index (Phi) is 5.31. The molecule has 0 saturated carbocycles. The average Bonchev–Trinajstić information content (AvgIpc) is 3.07. The van der Waals surface area contributed by atoms with Gasteiger partial charge >= 0.3 is 0 Å². The zero-order valence-electron chi connectivity index (χ0n) is 17.0. The van der Waals surface area contributed by atoms with Gasteiger partial charge in [0.05, 0.1) is 23.2 Å². The minimum atomic E-state index is -0.630. The van der Waals surface area contributed by atoms with E-state index in [9.17, 15) is 14.4 Å². The molecule has 4 aromatic rings. The molecule has 0 aliphatic carbocycles. The summed E-state index contributed by atoms with van der Waals surface area (Å²) in [6.45, 7) is 3.73. The molecule has 0 unspecified atom stereocenters. The molecule has 0 bridgehead atoms. The highest BCUT2D eigenvalue weighted by Gasteiger charge is 2.18. The number of hydrogen-bond donors (Lipinski definition) is 3. The number of hydrogen-bond acceptors (Lipinski definition) is 5. The third-order valence-electron chi connectivity index (χ3n) is 5.01. The molecule has 9 heteroatoms. The number of fused-ring (bicyclic) bond motifs is 1. The minimum Gasteiger partial charge on any atom is -0.273 e. The quantitative estimate of drug-likeness (QED) is 0.438. The number of nitrogens with one attached hydrogen (secondary N) is 3. The van der Waals surface area contributed by atoms with Crippen LogP contribution in [0.5, 0.6) is 0 Å². The summed E-state index contributed by atoms with van der Waals surface area (Å²) in [5, 5.41) is 11.4. The molecule has 156 valence electrons. The Morgan fingerprint density at radius 2 is 1.65 bits per heavy atom. The van der Waals surface area contributed by atoms with E-state index in [1.165, 1.54) is 0 Å². The van der Waals surface area contributed by atoms with Crippen molar-refractivity contribution >= 4 is 22.6 Å². The lowest BCUT2D eigenvalue weighted by Crippen LogP contribution is -2.43. The Bertz CT molecular complexity index is 1340. The Morgan fingerprint density at radius 1 is 0.968 bits per heavy atom. The zero-order chi connectivity index (χ0) is 22.0. The van der Waals surface area contributed by atoms with Gasteiger partial charge in [-0.2, -0.15) is 10.2 Å². The molecular formula is C22H20N6O3. The van der Waals surface area contributed by atoms with Crippen molar-refractivity contribution in [2.45, 2.75) is 20.3 Å². The van der Waals surface area contributed by atoms with Gasteiger partial charge in [-0.1, -0.05) is 36.4 Å². The third-order valence-corrected chi connectivity index (χ3v) is 5.01. The first kappa shape index (κ1) is 20.0. The summed E-state index contributed by atoms with van der Waals surface area (Å²) in [7, 11) is 0. The number of amides is 2. The number of aromatic amines is 1. The normalized spacial score (nSPS) is 10.8. The number of aryl methyl sites for hydroxylation is 1. The number of aromatic nitrogens is 4. The first-order chi connectivity index (χ1) is 15.0. The SMILES string of the molecule is Cc1nn(-c2ccccc2)c(C)c1CC(=O)NNC(=O)c1n[nH]c(=O)c2ccccc12. The van der Waals surface area contributed by atoms with Gasteiger partial charge < -0.3 is 0 Å². The smallest absolute Gasteiger partial charge is 0.273 e. The van der Waals surface area contributed by atoms with Crippen LogP contribution in [0.1, 0.15) is 27.4 Å². The van der Waals surface area contributed by atoms with Crippen molar-refractivity contribution < 1.29 is 9.59 Å². The topological polar surface area (TPSA) is 122 Å². The lowest BCUT2D eigenvalue weighted by Gasteiger charge is -2.09. The number of H-pyrrole nitrogens is 1. The van der Waals surface area contributed by atoms with Crippen LogP contribution in [0.25, 0.3) is 16.5 Å². The van der Waals surface area contributed by atoms with Crippen molar-refractivity contribution in [1.82, 2.24) is 30.8 Å². The number of hydrazine groups is 1. The van der Waals surface area contributed by atoms with Crippen molar-refractivity contribution in [2.24, 2.45) is 0 Å². The standard InChI is InChI=1S/C22H20N6O3/c1-13-18(14(2)28(27-13)15-8-4-3-5-9-15)12-19(29)23-26-22(31)20-16-10-6-7-11-17(16)21(30)25-24-20/h3-11H,12H2,1-2H3,(H,23,29)(H,25,30)(H,26,31). The maximum atomic E-state index is 12.5. The summed E-state index contributed by atoms with van der Waals surface area (Å²) in [5.41, 5.74) is 7.65. The van der Waals surface area contributed by atoms with E-state index in [-0.39, 0.29) is 12.1 Å². The molecule has 2 aromatic carbocycles. The zero-order valence-corrected chi connectivity index (χ0v) is 17.0. The summed E-state index contributed by atoms with van der Waals surface area (Å²) >= 11 is 0. The van der Waals surface area contributed by atoms with Gasteiger partial charge in [0.1, 0.15) is 0 Å². The van der Waals surface area contributed by atoms with Crippen molar-refractivity contribution in [3.8, 4) is 5.69 Å². The Balaban J connectivity index is 1.47. The highest BCUT2D eigenvalue weighted by molar-refractivity contribution is 6.05. The number of nitrogens with zero attached hydrogens (tertiary/aromatic N) is 3. The Hall–Kier alpha value is -4.27. The second-order valence-electron chi connectivity index (χ2n) is 7.02. The fourth-order valence-corrected chi connectivity index (χ4v) is 3.43. The van der Waals surface area contributed by atoms with Crippen LogP contribution in [-0.2, 0) is 11.2 Å². The summed E-state index contributed by atoms with van der Waals surface area (Å²) in [4.78, 5) is 36.9. The predicted molar refractivity (Wildman–Crippen MR) is 115 cm³/mol. The number of benzene rings is 2. The maximum Gasteiger partial charge on any atom is 0.290 e. The molecule has 0 aliphatic rings. The summed E-state index contributed by atoms with van der Waals surface area (Å²) in [6.07, 6.45) is 0.0462. The summed E-state index contributed by atoms with van der Waals surface area (Å²) in [6, 6.07) is 16.3. The molecule has 31 heavy (non-hydrogen) atoms. The van der Waals surface area contributed by atoms with E-state index in [1.54, 1.807) is 28.9 Å². The van der Waals surface area contributed by atoms with Gasteiger partial charge in [-0.3, -0.25) is 25.2 Å². The van der Waals surface area contributed by atoms with E-state index in [0.717, 1.165) is 22.6 Å². The largest absolute Gasteiger partial charge is 0.290 e. The molecule has 2 aromatic heterocycles. The molecule has 2 heterocycles. The maximum absolute atomic E-state index is 12.5. The van der Waals surface area contributed by atoms with Crippen LogP contribution in [-0.4, -0.2) is 31.8 Å². The summed E-state index contributed by atoms with van der Waals surface area (Å²) < 4.78 is 1.78. The van der Waals surface area contributed by atoms with Crippen LogP contribution >= 0.6 is 0 Å². The highest BCUT2D eigenvalue weighted by Crippen LogP contribution is 2.18. The monoisotopic (exact) mass is 416 g/mol. The van der Waals surface area contributed by atoms with E-state index < -0.39 is 17.4 Å². The van der Waals surface area contributed by atoms with Gasteiger partial charge in [0.15, 0.2) is 5.69 Å². The molecular weight excluding hydrogens is 396 g/mol. The Labute approximate surface area is 177 Å². The summed E-state index contributed by atoms with van der Waals surface area (Å²) in [5.74, 6) is -1.03. The number of carbonyl (C=O) groups excluding carboxylic acids is 2. The lowest BCUT2D eigenvalue weighted by atomic mass is 10.1. The van der Waals surface area contributed by atoms with Crippen molar-refractivity contribution in [3.63, 3.8) is 0 Å². The van der Waals surface area contributed by atoms with Crippen molar-refractivity contribution in [2.75, 3.05) is 0 Å². The van der Waals surface area contributed by atoms with Gasteiger partial charge in [-0.05, 0) is 32.0 Å². The van der Waals surface area contributed by atoms with E-state index >= 15 is 0 Å². The molecule has 2 amide bonds. The number of carbonyl (C=O) groups is 2. The molecule has 3 N–H and O–H groups in total. The molecule has 4 rings (SSSR count). The van der Waals surface area contributed by atoms with Gasteiger partial charge in [0, 0.05) is 16.6 Å². The number of para-hydroxylation sites is 1. The molecule has 0 aliphatic heterocycles. The first-order valence-corrected chi connectivity index (χ1v) is 9.63. The fraction of sp³-hybridized carbons (Fsp3) is 0.136. The molecule has 0 atom stereocenters. The fourth-order valence-electron chi connectivity index (χ4n) is 3.43. The van der Waals surface area contributed by atoms with Crippen LogP contribution in [0, 0.1) is 13.8 Å².